The second-order valence-corrected chi connectivity index (χ2v) is 5.39. The van der Waals surface area contributed by atoms with E-state index in [1.807, 2.05) is 50.2 Å². The van der Waals surface area contributed by atoms with Crippen LogP contribution in [0.1, 0.15) is 23.6 Å². The fourth-order valence-electron chi connectivity index (χ4n) is 2.23. The van der Waals surface area contributed by atoms with Crippen LogP contribution < -0.4 is 5.06 Å². The quantitative estimate of drug-likeness (QED) is 0.586. The number of hydroxylamine groups is 1. The molecule has 6 nitrogen and oxygen atoms in total. The van der Waals surface area contributed by atoms with Crippen LogP contribution in [0.3, 0.4) is 0 Å². The molecule has 0 aliphatic rings. The standard InChI is InChI=1S/C19H22N2O4/c1-14-9-11-16(12-10-14)15(2)20-25-13-17-7-5-6-8-18(17)21(24-4)19(22)23-3/h5-12H,13H2,1-4H3/b20-15+. The monoisotopic (exact) mass is 342 g/mol. The van der Waals surface area contributed by atoms with Crippen molar-refractivity contribution >= 4 is 17.5 Å². The maximum absolute atomic E-state index is 11.8. The van der Waals surface area contributed by atoms with Gasteiger partial charge in [-0.25, -0.2) is 4.79 Å². The lowest BCUT2D eigenvalue weighted by molar-refractivity contribution is 0.111. The first-order valence-electron chi connectivity index (χ1n) is 7.80. The summed E-state index contributed by atoms with van der Waals surface area (Å²) in [5, 5.41) is 5.22. The Balaban J connectivity index is 2.12. The van der Waals surface area contributed by atoms with Crippen LogP contribution in [-0.2, 0) is 21.0 Å². The minimum atomic E-state index is -0.616. The Morgan fingerprint density at radius 3 is 2.40 bits per heavy atom. The Labute approximate surface area is 147 Å². The predicted molar refractivity (Wildman–Crippen MR) is 96.5 cm³/mol. The maximum Gasteiger partial charge on any atom is 0.438 e. The molecule has 2 rings (SSSR count). The molecule has 0 heterocycles. The zero-order valence-corrected chi connectivity index (χ0v) is 14.9. The van der Waals surface area contributed by atoms with Crippen molar-refractivity contribution in [2.45, 2.75) is 20.5 Å². The number of rotatable bonds is 6. The lowest BCUT2D eigenvalue weighted by atomic mass is 10.1. The number of carbonyl (C=O) groups is 1. The molecule has 6 heteroatoms. The number of oxime groups is 1. The Bertz CT molecular complexity index is 741. The highest BCUT2D eigenvalue weighted by Crippen LogP contribution is 2.22. The SMILES string of the molecule is COC(=O)N(OC)c1ccccc1CO/N=C(\C)c1ccc(C)cc1. The minimum absolute atomic E-state index is 0.191. The van der Waals surface area contributed by atoms with Gasteiger partial charge in [0.15, 0.2) is 0 Å². The third-order valence-electron chi connectivity index (χ3n) is 3.62. The van der Waals surface area contributed by atoms with Gasteiger partial charge < -0.3 is 9.57 Å². The molecule has 0 spiro atoms. The lowest BCUT2D eigenvalue weighted by Gasteiger charge is -2.20. The van der Waals surface area contributed by atoms with Gasteiger partial charge in [-0.05, 0) is 25.5 Å². The minimum Gasteiger partial charge on any atom is -0.451 e. The highest BCUT2D eigenvalue weighted by molar-refractivity contribution is 5.98. The van der Waals surface area contributed by atoms with Gasteiger partial charge in [-0.3, -0.25) is 4.84 Å². The smallest absolute Gasteiger partial charge is 0.438 e. The molecular weight excluding hydrogens is 320 g/mol. The van der Waals surface area contributed by atoms with Crippen molar-refractivity contribution < 1.29 is 19.2 Å². The molecule has 0 fully saturated rings. The van der Waals surface area contributed by atoms with Gasteiger partial charge in [-0.2, -0.15) is 5.06 Å². The van der Waals surface area contributed by atoms with E-state index in [0.717, 1.165) is 21.9 Å². The van der Waals surface area contributed by atoms with Crippen molar-refractivity contribution in [1.82, 2.24) is 0 Å². The maximum atomic E-state index is 11.8. The molecule has 2 aromatic rings. The first-order chi connectivity index (χ1) is 12.1. The molecule has 1 amide bonds. The van der Waals surface area contributed by atoms with Crippen molar-refractivity contribution in [2.24, 2.45) is 5.16 Å². The second-order valence-electron chi connectivity index (χ2n) is 5.39. The molecule has 0 N–H and O–H groups in total. The van der Waals surface area contributed by atoms with Crippen LogP contribution >= 0.6 is 0 Å². The van der Waals surface area contributed by atoms with Crippen molar-refractivity contribution in [3.8, 4) is 0 Å². The zero-order chi connectivity index (χ0) is 18.2. The Kier molecular flexibility index (Phi) is 6.54. The van der Waals surface area contributed by atoms with Gasteiger partial charge in [0.05, 0.1) is 25.6 Å². The number of para-hydroxylation sites is 1. The lowest BCUT2D eigenvalue weighted by Crippen LogP contribution is -2.30. The van der Waals surface area contributed by atoms with Crippen LogP contribution in [-0.4, -0.2) is 26.0 Å². The number of methoxy groups -OCH3 is 1. The van der Waals surface area contributed by atoms with E-state index in [2.05, 4.69) is 5.16 Å². The molecule has 0 bridgehead atoms. The molecule has 2 aromatic carbocycles. The van der Waals surface area contributed by atoms with Crippen LogP contribution in [0.5, 0.6) is 0 Å². The molecule has 0 aromatic heterocycles. The number of anilines is 1. The molecule has 132 valence electrons. The number of benzene rings is 2. The first-order valence-corrected chi connectivity index (χ1v) is 7.80. The summed E-state index contributed by atoms with van der Waals surface area (Å²) >= 11 is 0. The van der Waals surface area contributed by atoms with E-state index >= 15 is 0 Å². The molecule has 0 aliphatic carbocycles. The van der Waals surface area contributed by atoms with Gasteiger partial charge in [0.25, 0.3) is 0 Å². The highest BCUT2D eigenvalue weighted by Gasteiger charge is 2.19. The molecular formula is C19H22N2O4. The van der Waals surface area contributed by atoms with Gasteiger partial charge in [0.2, 0.25) is 0 Å². The summed E-state index contributed by atoms with van der Waals surface area (Å²) in [6.07, 6.45) is -0.616. The molecule has 0 saturated carbocycles. The number of hydrogen-bond donors (Lipinski definition) is 0. The van der Waals surface area contributed by atoms with Crippen LogP contribution in [0.25, 0.3) is 0 Å². The van der Waals surface area contributed by atoms with E-state index in [9.17, 15) is 4.79 Å². The second kappa shape index (κ2) is 8.84. The van der Waals surface area contributed by atoms with Gasteiger partial charge in [0, 0.05) is 5.56 Å². The van der Waals surface area contributed by atoms with Gasteiger partial charge in [-0.15, -0.1) is 0 Å². The Hall–Kier alpha value is -2.86. The van der Waals surface area contributed by atoms with E-state index in [1.165, 1.54) is 19.8 Å². The van der Waals surface area contributed by atoms with Gasteiger partial charge in [-0.1, -0.05) is 53.2 Å². The molecule has 0 aliphatic heterocycles. The number of aryl methyl sites for hydroxylation is 1. The molecule has 0 saturated heterocycles. The van der Waals surface area contributed by atoms with Crippen LogP contribution in [0.4, 0.5) is 10.5 Å². The van der Waals surface area contributed by atoms with Gasteiger partial charge in [0.1, 0.15) is 6.61 Å². The topological polar surface area (TPSA) is 60.4 Å². The van der Waals surface area contributed by atoms with E-state index in [-0.39, 0.29) is 6.61 Å². The van der Waals surface area contributed by atoms with E-state index in [1.54, 1.807) is 12.1 Å². The number of ether oxygens (including phenoxy) is 1. The number of nitrogens with zero attached hydrogens (tertiary/aromatic N) is 2. The first kappa shape index (κ1) is 18.5. The number of carbonyl (C=O) groups excluding carboxylic acids is 1. The van der Waals surface area contributed by atoms with E-state index in [0.29, 0.717) is 5.69 Å². The summed E-state index contributed by atoms with van der Waals surface area (Å²) < 4.78 is 4.72. The van der Waals surface area contributed by atoms with Crippen molar-refractivity contribution in [2.75, 3.05) is 19.3 Å². The van der Waals surface area contributed by atoms with Crippen molar-refractivity contribution in [3.63, 3.8) is 0 Å². The largest absolute Gasteiger partial charge is 0.451 e. The fourth-order valence-corrected chi connectivity index (χ4v) is 2.23. The van der Waals surface area contributed by atoms with Gasteiger partial charge >= 0.3 is 6.09 Å². The predicted octanol–water partition coefficient (Wildman–Crippen LogP) is 4.07. The average molecular weight is 342 g/mol. The molecule has 0 unspecified atom stereocenters. The highest BCUT2D eigenvalue weighted by atomic mass is 16.7. The normalized spacial score (nSPS) is 11.1. The van der Waals surface area contributed by atoms with E-state index < -0.39 is 6.09 Å². The Morgan fingerprint density at radius 1 is 1.08 bits per heavy atom. The van der Waals surface area contributed by atoms with Crippen molar-refractivity contribution in [3.05, 3.63) is 65.2 Å². The average Bonchev–Trinajstić information content (AvgIpc) is 2.63. The number of hydrogen-bond acceptors (Lipinski definition) is 5. The zero-order valence-electron chi connectivity index (χ0n) is 14.9. The molecule has 25 heavy (non-hydrogen) atoms. The van der Waals surface area contributed by atoms with Crippen LogP contribution in [0.2, 0.25) is 0 Å². The summed E-state index contributed by atoms with van der Waals surface area (Å²) in [6.45, 7) is 4.11. The summed E-state index contributed by atoms with van der Waals surface area (Å²) in [4.78, 5) is 22.4. The third kappa shape index (κ3) is 4.81. The number of amides is 1. The molecule has 0 atom stereocenters. The summed E-state index contributed by atoms with van der Waals surface area (Å²) in [7, 11) is 2.69. The summed E-state index contributed by atoms with van der Waals surface area (Å²) in [5.74, 6) is 0. The molecule has 0 radical (unpaired) electrons. The van der Waals surface area contributed by atoms with Crippen molar-refractivity contribution in [1.29, 1.82) is 0 Å². The van der Waals surface area contributed by atoms with Crippen LogP contribution in [0.15, 0.2) is 53.7 Å². The summed E-state index contributed by atoms with van der Waals surface area (Å²) in [5.41, 5.74) is 4.24. The van der Waals surface area contributed by atoms with Crippen LogP contribution in [0, 0.1) is 6.92 Å². The van der Waals surface area contributed by atoms with E-state index in [4.69, 9.17) is 14.4 Å². The summed E-state index contributed by atoms with van der Waals surface area (Å²) in [6, 6.07) is 15.3. The fraction of sp³-hybridized carbons (Fsp3) is 0.263. The third-order valence-corrected chi connectivity index (χ3v) is 3.62. The Morgan fingerprint density at radius 2 is 1.76 bits per heavy atom.